The highest BCUT2D eigenvalue weighted by molar-refractivity contribution is 5.63. The van der Waals surface area contributed by atoms with E-state index in [0.29, 0.717) is 18.3 Å². The number of hydrogen-bond donors (Lipinski definition) is 2. The molecule has 0 bridgehead atoms. The molecule has 27 heavy (non-hydrogen) atoms. The lowest BCUT2D eigenvalue weighted by Crippen LogP contribution is -2.27. The Labute approximate surface area is 158 Å². The molecule has 1 aliphatic heterocycles. The first-order valence-corrected chi connectivity index (χ1v) is 9.29. The third kappa shape index (κ3) is 3.59. The van der Waals surface area contributed by atoms with Crippen LogP contribution in [0.4, 0.5) is 0 Å². The highest BCUT2D eigenvalue weighted by Gasteiger charge is 2.31. The summed E-state index contributed by atoms with van der Waals surface area (Å²) >= 11 is 0. The molecule has 2 atom stereocenters. The predicted molar refractivity (Wildman–Crippen MR) is 103 cm³/mol. The third-order valence-corrected chi connectivity index (χ3v) is 4.88. The van der Waals surface area contributed by atoms with E-state index in [1.165, 1.54) is 16.7 Å². The summed E-state index contributed by atoms with van der Waals surface area (Å²) < 4.78 is 11.2. The van der Waals surface area contributed by atoms with Crippen LogP contribution in [-0.4, -0.2) is 16.7 Å². The summed E-state index contributed by atoms with van der Waals surface area (Å²) in [5.74, 6) is 1.89. The molecule has 6 heteroatoms. The summed E-state index contributed by atoms with van der Waals surface area (Å²) in [6.45, 7) is 6.80. The highest BCUT2D eigenvalue weighted by atomic mass is 16.5. The zero-order chi connectivity index (χ0) is 18.8. The number of benzene rings is 2. The lowest BCUT2D eigenvalue weighted by Gasteiger charge is -2.13. The fraction of sp³-hybridized carbons (Fsp3) is 0.333. The molecule has 2 N–H and O–H groups in total. The smallest absolute Gasteiger partial charge is 0.245 e. The van der Waals surface area contributed by atoms with Crippen molar-refractivity contribution in [2.45, 2.75) is 39.3 Å². The van der Waals surface area contributed by atoms with Crippen molar-refractivity contribution in [1.29, 1.82) is 0 Å². The number of nitrogens with zero attached hydrogens (tertiary/aromatic N) is 2. The number of ether oxygens (including phenoxy) is 1. The van der Waals surface area contributed by atoms with Crippen molar-refractivity contribution in [3.8, 4) is 17.1 Å². The van der Waals surface area contributed by atoms with Gasteiger partial charge in [0.05, 0.1) is 12.2 Å². The van der Waals surface area contributed by atoms with Crippen LogP contribution in [-0.2, 0) is 0 Å². The molecule has 0 radical (unpaired) electrons. The summed E-state index contributed by atoms with van der Waals surface area (Å²) in [4.78, 5) is 4.61. The van der Waals surface area contributed by atoms with E-state index in [9.17, 15) is 0 Å². The number of aryl methyl sites for hydroxylation is 2. The Morgan fingerprint density at radius 1 is 1.11 bits per heavy atom. The van der Waals surface area contributed by atoms with Gasteiger partial charge >= 0.3 is 0 Å². The molecular weight excluding hydrogens is 340 g/mol. The van der Waals surface area contributed by atoms with Crippen LogP contribution in [0.1, 0.15) is 48.0 Å². The van der Waals surface area contributed by atoms with Gasteiger partial charge in [-0.2, -0.15) is 4.98 Å². The number of hydrogen-bond acceptors (Lipinski definition) is 6. The summed E-state index contributed by atoms with van der Waals surface area (Å²) in [6, 6.07) is 14.4. The molecule has 0 amide bonds. The molecular formula is C21H24N4O2. The maximum Gasteiger partial charge on any atom is 0.245 e. The van der Waals surface area contributed by atoms with Gasteiger partial charge in [-0.15, -0.1) is 0 Å². The Hall–Kier alpha value is -2.70. The standard InChI is InChI=1S/C21H24N4O2/c1-4-26-19-8-6-5-7-15(19)20-22-21(27-25-20)18-12-17(23-24-18)16-11-13(2)9-10-14(16)3/h5-11,17-18,23-24H,4,12H2,1-3H3. The minimum atomic E-state index is -0.0320. The molecule has 3 aromatic rings. The molecule has 1 aliphatic rings. The van der Waals surface area contributed by atoms with E-state index < -0.39 is 0 Å². The largest absolute Gasteiger partial charge is 0.493 e. The zero-order valence-electron chi connectivity index (χ0n) is 15.8. The van der Waals surface area contributed by atoms with Crippen LogP contribution >= 0.6 is 0 Å². The van der Waals surface area contributed by atoms with Crippen molar-refractivity contribution in [1.82, 2.24) is 21.0 Å². The summed E-state index contributed by atoms with van der Waals surface area (Å²) in [5.41, 5.74) is 11.3. The first kappa shape index (κ1) is 17.7. The van der Waals surface area contributed by atoms with Crippen LogP contribution < -0.4 is 15.6 Å². The van der Waals surface area contributed by atoms with Gasteiger partial charge in [0, 0.05) is 6.04 Å². The van der Waals surface area contributed by atoms with Crippen molar-refractivity contribution < 1.29 is 9.26 Å². The van der Waals surface area contributed by atoms with Gasteiger partial charge in [-0.25, -0.2) is 10.9 Å². The predicted octanol–water partition coefficient (Wildman–Crippen LogP) is 4.03. The molecule has 4 rings (SSSR count). The minimum Gasteiger partial charge on any atom is -0.493 e. The normalized spacial score (nSPS) is 19.4. The number of rotatable bonds is 5. The lowest BCUT2D eigenvalue weighted by atomic mass is 9.96. The number of nitrogens with one attached hydrogen (secondary N) is 2. The first-order valence-electron chi connectivity index (χ1n) is 9.29. The van der Waals surface area contributed by atoms with E-state index in [0.717, 1.165) is 17.7 Å². The van der Waals surface area contributed by atoms with Gasteiger partial charge in [-0.05, 0) is 50.5 Å². The Balaban J connectivity index is 1.54. The molecule has 0 aliphatic carbocycles. The third-order valence-electron chi connectivity index (χ3n) is 4.88. The molecule has 1 aromatic heterocycles. The second kappa shape index (κ2) is 7.50. The number of para-hydroxylation sites is 1. The number of aromatic nitrogens is 2. The zero-order valence-corrected chi connectivity index (χ0v) is 15.8. The van der Waals surface area contributed by atoms with Crippen LogP contribution in [0.5, 0.6) is 5.75 Å². The topological polar surface area (TPSA) is 72.2 Å². The van der Waals surface area contributed by atoms with Crippen LogP contribution in [0, 0.1) is 13.8 Å². The van der Waals surface area contributed by atoms with E-state index >= 15 is 0 Å². The van der Waals surface area contributed by atoms with E-state index in [-0.39, 0.29) is 12.1 Å². The minimum absolute atomic E-state index is 0.0320. The molecule has 0 saturated carbocycles. The Morgan fingerprint density at radius 3 is 2.78 bits per heavy atom. The van der Waals surface area contributed by atoms with Gasteiger partial charge in [0.25, 0.3) is 0 Å². The van der Waals surface area contributed by atoms with Gasteiger partial charge < -0.3 is 9.26 Å². The summed E-state index contributed by atoms with van der Waals surface area (Å²) in [5, 5.41) is 4.17. The van der Waals surface area contributed by atoms with Crippen LogP contribution in [0.25, 0.3) is 11.4 Å². The molecule has 2 unspecified atom stereocenters. The molecule has 140 valence electrons. The van der Waals surface area contributed by atoms with Gasteiger partial charge in [0.1, 0.15) is 11.8 Å². The molecule has 6 nitrogen and oxygen atoms in total. The van der Waals surface area contributed by atoms with Gasteiger partial charge in [0.15, 0.2) is 0 Å². The number of hydrazine groups is 1. The van der Waals surface area contributed by atoms with E-state index in [1.807, 2.05) is 31.2 Å². The average Bonchev–Trinajstić information content (AvgIpc) is 3.34. The average molecular weight is 364 g/mol. The quantitative estimate of drug-likeness (QED) is 0.712. The fourth-order valence-corrected chi connectivity index (χ4v) is 3.48. The van der Waals surface area contributed by atoms with Gasteiger partial charge in [-0.1, -0.05) is 41.1 Å². The molecule has 2 aromatic carbocycles. The maximum atomic E-state index is 5.68. The molecule has 2 heterocycles. The van der Waals surface area contributed by atoms with E-state index in [1.54, 1.807) is 0 Å². The van der Waals surface area contributed by atoms with Gasteiger partial charge in [0.2, 0.25) is 11.7 Å². The SMILES string of the molecule is CCOc1ccccc1-c1noc(C2CC(c3cc(C)ccc3C)NN2)n1. The van der Waals surface area contributed by atoms with Gasteiger partial charge in [-0.3, -0.25) is 0 Å². The van der Waals surface area contributed by atoms with E-state index in [2.05, 4.69) is 53.0 Å². The second-order valence-corrected chi connectivity index (χ2v) is 6.87. The van der Waals surface area contributed by atoms with Crippen LogP contribution in [0.2, 0.25) is 0 Å². The molecule has 1 fully saturated rings. The Bertz CT molecular complexity index is 937. The Kier molecular flexibility index (Phi) is 4.92. The van der Waals surface area contributed by atoms with Crippen molar-refractivity contribution in [2.24, 2.45) is 0 Å². The molecule has 0 spiro atoms. The lowest BCUT2D eigenvalue weighted by molar-refractivity contribution is 0.336. The van der Waals surface area contributed by atoms with Crippen molar-refractivity contribution >= 4 is 0 Å². The second-order valence-electron chi connectivity index (χ2n) is 6.87. The maximum absolute atomic E-state index is 5.68. The van der Waals surface area contributed by atoms with E-state index in [4.69, 9.17) is 9.26 Å². The van der Waals surface area contributed by atoms with Crippen molar-refractivity contribution in [2.75, 3.05) is 6.61 Å². The summed E-state index contributed by atoms with van der Waals surface area (Å²) in [6.07, 6.45) is 0.846. The fourth-order valence-electron chi connectivity index (χ4n) is 3.48. The van der Waals surface area contributed by atoms with Crippen LogP contribution in [0.15, 0.2) is 47.0 Å². The van der Waals surface area contributed by atoms with Crippen molar-refractivity contribution in [3.63, 3.8) is 0 Å². The monoisotopic (exact) mass is 364 g/mol. The first-order chi connectivity index (χ1) is 13.2. The highest BCUT2D eigenvalue weighted by Crippen LogP contribution is 2.34. The Morgan fingerprint density at radius 2 is 1.93 bits per heavy atom. The van der Waals surface area contributed by atoms with Crippen LogP contribution in [0.3, 0.4) is 0 Å². The van der Waals surface area contributed by atoms with Crippen molar-refractivity contribution in [3.05, 3.63) is 65.0 Å². The summed E-state index contributed by atoms with van der Waals surface area (Å²) in [7, 11) is 0. The molecule has 1 saturated heterocycles.